The first kappa shape index (κ1) is 16.6. The molecule has 1 aliphatic heterocycles. The van der Waals surface area contributed by atoms with Crippen LogP contribution in [0.1, 0.15) is 34.8 Å². The van der Waals surface area contributed by atoms with E-state index in [9.17, 15) is 4.79 Å². The molecule has 5 nitrogen and oxygen atoms in total. The fourth-order valence-corrected chi connectivity index (χ4v) is 3.52. The fourth-order valence-electron chi connectivity index (χ4n) is 3.52. The summed E-state index contributed by atoms with van der Waals surface area (Å²) in [6.07, 6.45) is 5.24. The molecule has 1 aromatic heterocycles. The van der Waals surface area contributed by atoms with Gasteiger partial charge in [-0.15, -0.1) is 0 Å². The van der Waals surface area contributed by atoms with Crippen LogP contribution in [-0.2, 0) is 0 Å². The van der Waals surface area contributed by atoms with Crippen molar-refractivity contribution in [2.45, 2.75) is 18.9 Å². The van der Waals surface area contributed by atoms with Gasteiger partial charge in [0, 0.05) is 12.6 Å². The smallest absolute Gasteiger partial charge is 0.254 e. The van der Waals surface area contributed by atoms with Crippen molar-refractivity contribution < 1.29 is 13.9 Å². The van der Waals surface area contributed by atoms with E-state index in [0.29, 0.717) is 24.1 Å². The van der Waals surface area contributed by atoms with Gasteiger partial charge in [-0.1, -0.05) is 12.1 Å². The SMILES string of the molecule is COc1ccc([C@H]2[C@H](CNC(=O)c3ccoc3)CCCN2C)cc1. The van der Waals surface area contributed by atoms with Gasteiger partial charge in [0.05, 0.1) is 18.9 Å². The van der Waals surface area contributed by atoms with Gasteiger partial charge in [0.1, 0.15) is 12.0 Å². The number of likely N-dealkylation sites (tertiary alicyclic amines) is 1. The van der Waals surface area contributed by atoms with Crippen molar-refractivity contribution >= 4 is 5.91 Å². The summed E-state index contributed by atoms with van der Waals surface area (Å²) < 4.78 is 10.2. The molecule has 1 fully saturated rings. The molecule has 1 N–H and O–H groups in total. The van der Waals surface area contributed by atoms with E-state index in [0.717, 1.165) is 25.1 Å². The molecule has 0 unspecified atom stereocenters. The van der Waals surface area contributed by atoms with Crippen molar-refractivity contribution in [1.82, 2.24) is 10.2 Å². The average Bonchev–Trinajstić information content (AvgIpc) is 3.14. The van der Waals surface area contributed by atoms with Gasteiger partial charge in [-0.05, 0) is 56.1 Å². The lowest BCUT2D eigenvalue weighted by Gasteiger charge is -2.39. The summed E-state index contributed by atoms with van der Waals surface area (Å²) in [6.45, 7) is 1.73. The molecule has 0 spiro atoms. The van der Waals surface area contributed by atoms with Crippen molar-refractivity contribution in [1.29, 1.82) is 0 Å². The van der Waals surface area contributed by atoms with Gasteiger partial charge in [-0.2, -0.15) is 0 Å². The molecule has 0 radical (unpaired) electrons. The molecule has 3 rings (SSSR count). The number of carbonyl (C=O) groups excluding carboxylic acids is 1. The van der Waals surface area contributed by atoms with E-state index in [-0.39, 0.29) is 5.91 Å². The maximum absolute atomic E-state index is 12.2. The van der Waals surface area contributed by atoms with Crippen molar-refractivity contribution in [2.24, 2.45) is 5.92 Å². The zero-order chi connectivity index (χ0) is 16.9. The van der Waals surface area contributed by atoms with E-state index in [4.69, 9.17) is 9.15 Å². The second kappa shape index (κ2) is 7.53. The van der Waals surface area contributed by atoms with Crippen LogP contribution >= 0.6 is 0 Å². The number of methoxy groups -OCH3 is 1. The van der Waals surface area contributed by atoms with Gasteiger partial charge in [-0.25, -0.2) is 0 Å². The topological polar surface area (TPSA) is 54.7 Å². The molecule has 0 aliphatic carbocycles. The highest BCUT2D eigenvalue weighted by Gasteiger charge is 2.30. The first-order valence-corrected chi connectivity index (χ1v) is 8.33. The molecule has 2 heterocycles. The lowest BCUT2D eigenvalue weighted by Crippen LogP contribution is -2.41. The zero-order valence-corrected chi connectivity index (χ0v) is 14.2. The van der Waals surface area contributed by atoms with Crippen LogP contribution in [-0.4, -0.2) is 38.1 Å². The summed E-state index contributed by atoms with van der Waals surface area (Å²) in [5.74, 6) is 1.17. The van der Waals surface area contributed by atoms with Crippen LogP contribution < -0.4 is 10.1 Å². The first-order valence-electron chi connectivity index (χ1n) is 8.33. The lowest BCUT2D eigenvalue weighted by molar-refractivity contribution is 0.0891. The number of benzene rings is 1. The van der Waals surface area contributed by atoms with Crippen LogP contribution in [0, 0.1) is 5.92 Å². The van der Waals surface area contributed by atoms with Gasteiger partial charge in [0.25, 0.3) is 5.91 Å². The Balaban J connectivity index is 1.70. The number of ether oxygens (including phenoxy) is 1. The van der Waals surface area contributed by atoms with Crippen LogP contribution in [0.25, 0.3) is 0 Å². The lowest BCUT2D eigenvalue weighted by atomic mass is 9.85. The summed E-state index contributed by atoms with van der Waals surface area (Å²) >= 11 is 0. The number of hydrogen-bond donors (Lipinski definition) is 1. The number of amides is 1. The van der Waals surface area contributed by atoms with E-state index in [2.05, 4.69) is 29.4 Å². The Morgan fingerprint density at radius 2 is 2.12 bits per heavy atom. The Kier molecular flexibility index (Phi) is 5.20. The molecule has 2 atom stereocenters. The Labute approximate surface area is 142 Å². The minimum absolute atomic E-state index is 0.0783. The highest BCUT2D eigenvalue weighted by molar-refractivity contribution is 5.93. The van der Waals surface area contributed by atoms with Crippen molar-refractivity contribution in [3.8, 4) is 5.75 Å². The van der Waals surface area contributed by atoms with Crippen LogP contribution in [0.2, 0.25) is 0 Å². The summed E-state index contributed by atoms with van der Waals surface area (Å²) in [4.78, 5) is 14.5. The number of nitrogens with zero attached hydrogens (tertiary/aromatic N) is 1. The van der Waals surface area contributed by atoms with Crippen LogP contribution in [0.5, 0.6) is 5.75 Å². The third kappa shape index (κ3) is 3.62. The van der Waals surface area contributed by atoms with Crippen LogP contribution in [0.4, 0.5) is 0 Å². The molecular weight excluding hydrogens is 304 g/mol. The number of nitrogens with one attached hydrogen (secondary N) is 1. The van der Waals surface area contributed by atoms with E-state index in [1.54, 1.807) is 13.2 Å². The predicted molar refractivity (Wildman–Crippen MR) is 92.1 cm³/mol. The summed E-state index contributed by atoms with van der Waals surface area (Å²) in [5.41, 5.74) is 1.83. The molecule has 0 saturated carbocycles. The van der Waals surface area contributed by atoms with Crippen LogP contribution in [0.3, 0.4) is 0 Å². The van der Waals surface area contributed by atoms with Crippen molar-refractivity contribution in [2.75, 3.05) is 27.2 Å². The standard InChI is InChI=1S/C19H24N2O3/c1-21-10-3-4-15(12-20-19(22)16-9-11-24-13-16)18(21)14-5-7-17(23-2)8-6-14/h5-9,11,13,15,18H,3-4,10,12H2,1-2H3,(H,20,22)/t15-,18-/m0/s1. The van der Waals surface area contributed by atoms with Gasteiger partial charge in [0.2, 0.25) is 0 Å². The highest BCUT2D eigenvalue weighted by Crippen LogP contribution is 2.35. The number of carbonyl (C=O) groups is 1. The number of hydrogen-bond acceptors (Lipinski definition) is 4. The number of piperidine rings is 1. The van der Waals surface area contributed by atoms with Crippen molar-refractivity contribution in [3.63, 3.8) is 0 Å². The van der Waals surface area contributed by atoms with Gasteiger partial charge in [0.15, 0.2) is 0 Å². The molecule has 1 aliphatic rings. The van der Waals surface area contributed by atoms with Crippen molar-refractivity contribution in [3.05, 3.63) is 54.0 Å². The van der Waals surface area contributed by atoms with E-state index in [1.807, 2.05) is 12.1 Å². The van der Waals surface area contributed by atoms with E-state index < -0.39 is 0 Å². The third-order valence-electron chi connectivity index (χ3n) is 4.77. The Morgan fingerprint density at radius 1 is 1.33 bits per heavy atom. The van der Waals surface area contributed by atoms with Crippen LogP contribution in [0.15, 0.2) is 47.3 Å². The summed E-state index contributed by atoms with van der Waals surface area (Å²) in [5, 5.41) is 3.05. The van der Waals surface area contributed by atoms with Gasteiger partial charge < -0.3 is 14.5 Å². The zero-order valence-electron chi connectivity index (χ0n) is 14.2. The second-order valence-corrected chi connectivity index (χ2v) is 6.32. The Bertz CT molecular complexity index is 652. The molecule has 1 aromatic carbocycles. The molecule has 24 heavy (non-hydrogen) atoms. The minimum atomic E-state index is -0.0783. The normalized spacial score (nSPS) is 21.4. The maximum Gasteiger partial charge on any atom is 0.254 e. The molecule has 0 bridgehead atoms. The van der Waals surface area contributed by atoms with Gasteiger partial charge in [-0.3, -0.25) is 9.69 Å². The van der Waals surface area contributed by atoms with E-state index >= 15 is 0 Å². The molecule has 2 aromatic rings. The quantitative estimate of drug-likeness (QED) is 0.916. The Hall–Kier alpha value is -2.27. The van der Waals surface area contributed by atoms with E-state index in [1.165, 1.54) is 18.1 Å². The second-order valence-electron chi connectivity index (χ2n) is 6.32. The average molecular weight is 328 g/mol. The predicted octanol–water partition coefficient (Wildman–Crippen LogP) is 3.10. The Morgan fingerprint density at radius 3 is 2.79 bits per heavy atom. The summed E-state index contributed by atoms with van der Waals surface area (Å²) in [7, 11) is 3.83. The molecular formula is C19H24N2O3. The fraction of sp³-hybridized carbons (Fsp3) is 0.421. The molecule has 1 amide bonds. The molecule has 5 heteroatoms. The number of rotatable bonds is 5. The number of furan rings is 1. The third-order valence-corrected chi connectivity index (χ3v) is 4.77. The largest absolute Gasteiger partial charge is 0.497 e. The monoisotopic (exact) mass is 328 g/mol. The molecule has 1 saturated heterocycles. The highest BCUT2D eigenvalue weighted by atomic mass is 16.5. The minimum Gasteiger partial charge on any atom is -0.497 e. The first-order chi connectivity index (χ1) is 11.7. The summed E-state index contributed by atoms with van der Waals surface area (Å²) in [6, 6.07) is 10.2. The molecule has 128 valence electrons. The maximum atomic E-state index is 12.2. The van der Waals surface area contributed by atoms with Gasteiger partial charge >= 0.3 is 0 Å².